The van der Waals surface area contributed by atoms with E-state index in [0.717, 1.165) is 18.6 Å². The first kappa shape index (κ1) is 13.1. The van der Waals surface area contributed by atoms with Crippen molar-refractivity contribution in [2.24, 2.45) is 0 Å². The summed E-state index contributed by atoms with van der Waals surface area (Å²) < 4.78 is 5.25. The third-order valence-electron chi connectivity index (χ3n) is 2.96. The summed E-state index contributed by atoms with van der Waals surface area (Å²) in [7, 11) is 3.71. The van der Waals surface area contributed by atoms with E-state index in [0.29, 0.717) is 6.04 Å². The first-order valence-electron chi connectivity index (χ1n) is 5.99. The Hall–Kier alpha value is -1.39. The highest BCUT2D eigenvalue weighted by Crippen LogP contribution is 2.16. The lowest BCUT2D eigenvalue weighted by molar-refractivity contribution is 0.414. The van der Waals surface area contributed by atoms with Crippen LogP contribution in [0.5, 0.6) is 5.75 Å². The van der Waals surface area contributed by atoms with E-state index in [4.69, 9.17) is 4.74 Å². The number of ether oxygens (including phenoxy) is 1. The topological polar surface area (TPSA) is 34.1 Å². The van der Waals surface area contributed by atoms with Gasteiger partial charge < -0.3 is 10.1 Å². The Morgan fingerprint density at radius 2 is 2.28 bits per heavy atom. The van der Waals surface area contributed by atoms with Gasteiger partial charge in [-0.1, -0.05) is 12.1 Å². The van der Waals surface area contributed by atoms with Gasteiger partial charge in [0.2, 0.25) is 0 Å². The zero-order valence-electron chi connectivity index (χ0n) is 10.7. The molecular formula is C14H18N2OS. The Bertz CT molecular complexity index is 470. The fourth-order valence-corrected chi connectivity index (χ4v) is 2.62. The van der Waals surface area contributed by atoms with Gasteiger partial charge in [-0.05, 0) is 37.6 Å². The number of rotatable bonds is 6. The molecule has 0 bridgehead atoms. The van der Waals surface area contributed by atoms with Crippen LogP contribution in [0.4, 0.5) is 0 Å². The van der Waals surface area contributed by atoms with Crippen LogP contribution < -0.4 is 10.1 Å². The molecule has 0 aliphatic rings. The van der Waals surface area contributed by atoms with Gasteiger partial charge >= 0.3 is 0 Å². The van der Waals surface area contributed by atoms with Gasteiger partial charge in [0.1, 0.15) is 5.75 Å². The molecule has 4 heteroatoms. The van der Waals surface area contributed by atoms with Crippen molar-refractivity contribution in [3.63, 3.8) is 0 Å². The van der Waals surface area contributed by atoms with Crippen molar-refractivity contribution >= 4 is 11.3 Å². The second-order valence-electron chi connectivity index (χ2n) is 4.21. The SMILES string of the molecule is CNC(Cc1cccc(OC)c1)Cc1cncs1. The second kappa shape index (κ2) is 6.52. The van der Waals surface area contributed by atoms with Crippen LogP contribution >= 0.6 is 11.3 Å². The molecule has 1 atom stereocenters. The van der Waals surface area contributed by atoms with E-state index in [-0.39, 0.29) is 0 Å². The normalized spacial score (nSPS) is 12.3. The molecule has 96 valence electrons. The van der Waals surface area contributed by atoms with E-state index < -0.39 is 0 Å². The fourth-order valence-electron chi connectivity index (χ4n) is 1.95. The quantitative estimate of drug-likeness (QED) is 0.868. The number of hydrogen-bond donors (Lipinski definition) is 1. The molecule has 1 heterocycles. The van der Waals surface area contributed by atoms with Gasteiger partial charge in [-0.2, -0.15) is 0 Å². The molecule has 0 amide bonds. The van der Waals surface area contributed by atoms with Gasteiger partial charge in [-0.15, -0.1) is 11.3 Å². The number of methoxy groups -OCH3 is 1. The van der Waals surface area contributed by atoms with E-state index in [2.05, 4.69) is 22.4 Å². The first-order chi connectivity index (χ1) is 8.81. The molecule has 2 rings (SSSR count). The van der Waals surface area contributed by atoms with E-state index in [9.17, 15) is 0 Å². The van der Waals surface area contributed by atoms with E-state index >= 15 is 0 Å². The summed E-state index contributed by atoms with van der Waals surface area (Å²) in [5, 5.41) is 3.36. The first-order valence-corrected chi connectivity index (χ1v) is 6.87. The number of likely N-dealkylation sites (N-methyl/N-ethyl adjacent to an activating group) is 1. The van der Waals surface area contributed by atoms with Gasteiger partial charge in [-0.3, -0.25) is 4.98 Å². The number of aromatic nitrogens is 1. The second-order valence-corrected chi connectivity index (χ2v) is 5.18. The summed E-state index contributed by atoms with van der Waals surface area (Å²) in [6, 6.07) is 8.67. The molecular weight excluding hydrogens is 244 g/mol. The molecule has 0 saturated heterocycles. The summed E-state index contributed by atoms with van der Waals surface area (Å²) in [5.41, 5.74) is 3.17. The minimum absolute atomic E-state index is 0.428. The van der Waals surface area contributed by atoms with Gasteiger partial charge in [0.05, 0.1) is 12.6 Å². The highest BCUT2D eigenvalue weighted by Gasteiger charge is 2.10. The van der Waals surface area contributed by atoms with Crippen molar-refractivity contribution in [2.45, 2.75) is 18.9 Å². The van der Waals surface area contributed by atoms with E-state index in [1.165, 1.54) is 10.4 Å². The minimum atomic E-state index is 0.428. The number of hydrogen-bond acceptors (Lipinski definition) is 4. The maximum atomic E-state index is 5.25. The fraction of sp³-hybridized carbons (Fsp3) is 0.357. The highest BCUT2D eigenvalue weighted by molar-refractivity contribution is 7.09. The van der Waals surface area contributed by atoms with Gasteiger partial charge in [0, 0.05) is 17.1 Å². The smallest absolute Gasteiger partial charge is 0.119 e. The Kier molecular flexibility index (Phi) is 4.73. The van der Waals surface area contributed by atoms with Gasteiger partial charge in [0.25, 0.3) is 0 Å². The summed E-state index contributed by atoms with van der Waals surface area (Å²) >= 11 is 1.71. The van der Waals surface area contributed by atoms with E-state index in [1.807, 2.05) is 30.9 Å². The predicted molar refractivity (Wildman–Crippen MR) is 75.4 cm³/mol. The van der Waals surface area contributed by atoms with Crippen LogP contribution in [0.15, 0.2) is 36.0 Å². The summed E-state index contributed by atoms with van der Waals surface area (Å²) in [4.78, 5) is 5.43. The van der Waals surface area contributed by atoms with Crippen LogP contribution in [0.1, 0.15) is 10.4 Å². The van der Waals surface area contributed by atoms with Crippen LogP contribution in [-0.2, 0) is 12.8 Å². The van der Waals surface area contributed by atoms with Crippen molar-refractivity contribution < 1.29 is 4.74 Å². The Morgan fingerprint density at radius 1 is 1.39 bits per heavy atom. The minimum Gasteiger partial charge on any atom is -0.497 e. The summed E-state index contributed by atoms with van der Waals surface area (Å²) in [5.74, 6) is 0.917. The third kappa shape index (κ3) is 3.55. The van der Waals surface area contributed by atoms with Crippen LogP contribution in [0, 0.1) is 0 Å². The van der Waals surface area contributed by atoms with Crippen LogP contribution in [-0.4, -0.2) is 25.2 Å². The molecule has 0 spiro atoms. The van der Waals surface area contributed by atoms with Crippen LogP contribution in [0.3, 0.4) is 0 Å². The van der Waals surface area contributed by atoms with Crippen molar-refractivity contribution in [1.82, 2.24) is 10.3 Å². The van der Waals surface area contributed by atoms with Gasteiger partial charge in [0.15, 0.2) is 0 Å². The zero-order chi connectivity index (χ0) is 12.8. The molecule has 18 heavy (non-hydrogen) atoms. The van der Waals surface area contributed by atoms with Crippen LogP contribution in [0.2, 0.25) is 0 Å². The molecule has 1 unspecified atom stereocenters. The standard InChI is InChI=1S/C14H18N2OS/c1-15-12(8-14-9-16-10-18-14)6-11-4-3-5-13(7-11)17-2/h3-5,7,9-10,12,15H,6,8H2,1-2H3. The lowest BCUT2D eigenvalue weighted by Gasteiger charge is -2.15. The highest BCUT2D eigenvalue weighted by atomic mass is 32.1. The number of thiazole rings is 1. The molecule has 2 aromatic rings. The molecule has 0 aliphatic carbocycles. The molecule has 3 nitrogen and oxygen atoms in total. The Morgan fingerprint density at radius 3 is 2.94 bits per heavy atom. The van der Waals surface area contributed by atoms with Crippen molar-refractivity contribution in [3.8, 4) is 5.75 Å². The van der Waals surface area contributed by atoms with Crippen LogP contribution in [0.25, 0.3) is 0 Å². The lowest BCUT2D eigenvalue weighted by Crippen LogP contribution is -2.29. The monoisotopic (exact) mass is 262 g/mol. The Labute approximate surface area is 112 Å². The molecule has 1 aromatic heterocycles. The number of nitrogens with zero attached hydrogens (tertiary/aromatic N) is 1. The van der Waals surface area contributed by atoms with Crippen molar-refractivity contribution in [1.29, 1.82) is 0 Å². The average Bonchev–Trinajstić information content (AvgIpc) is 2.91. The molecule has 0 saturated carbocycles. The number of nitrogens with one attached hydrogen (secondary N) is 1. The zero-order valence-corrected chi connectivity index (χ0v) is 11.5. The van der Waals surface area contributed by atoms with Gasteiger partial charge in [-0.25, -0.2) is 0 Å². The average molecular weight is 262 g/mol. The van der Waals surface area contributed by atoms with E-state index in [1.54, 1.807) is 18.4 Å². The molecule has 0 radical (unpaired) electrons. The molecule has 0 aliphatic heterocycles. The largest absolute Gasteiger partial charge is 0.497 e. The molecule has 1 N–H and O–H groups in total. The summed E-state index contributed by atoms with van der Waals surface area (Å²) in [6.45, 7) is 0. The number of benzene rings is 1. The predicted octanol–water partition coefficient (Wildman–Crippen LogP) is 2.52. The lowest BCUT2D eigenvalue weighted by atomic mass is 10.0. The third-order valence-corrected chi connectivity index (χ3v) is 3.76. The Balaban J connectivity index is 2.00. The maximum absolute atomic E-state index is 5.25. The summed E-state index contributed by atoms with van der Waals surface area (Å²) in [6.07, 6.45) is 3.95. The van der Waals surface area contributed by atoms with Crippen molar-refractivity contribution in [3.05, 3.63) is 46.4 Å². The maximum Gasteiger partial charge on any atom is 0.119 e. The molecule has 1 aromatic carbocycles. The van der Waals surface area contributed by atoms with Crippen molar-refractivity contribution in [2.75, 3.05) is 14.2 Å². The molecule has 0 fully saturated rings.